The SMILES string of the molecule is Cc1ccc(-c2nc(-c3ccc4c(c3)sc3ccccc34)nc(-c3cc(-c4cccc5sc6c(c45)C=CC(C)C6)cc4oc5ccccc5c34)n2)cc1. The molecule has 53 heavy (non-hydrogen) atoms. The molecule has 1 aliphatic rings. The molecule has 6 aromatic carbocycles. The summed E-state index contributed by atoms with van der Waals surface area (Å²) in [7, 11) is 0. The number of furan rings is 1. The van der Waals surface area contributed by atoms with Gasteiger partial charge in [-0.3, -0.25) is 0 Å². The van der Waals surface area contributed by atoms with E-state index in [0.717, 1.165) is 50.6 Å². The lowest BCUT2D eigenvalue weighted by Crippen LogP contribution is -2.01. The first kappa shape index (κ1) is 30.7. The highest BCUT2D eigenvalue weighted by molar-refractivity contribution is 7.25. The van der Waals surface area contributed by atoms with Gasteiger partial charge in [0.1, 0.15) is 11.2 Å². The average molecular weight is 718 g/mol. The molecule has 4 nitrogen and oxygen atoms in total. The number of hydrogen-bond donors (Lipinski definition) is 0. The van der Waals surface area contributed by atoms with Crippen LogP contribution in [-0.4, -0.2) is 15.0 Å². The minimum absolute atomic E-state index is 0.540. The van der Waals surface area contributed by atoms with E-state index in [1.54, 1.807) is 11.3 Å². The summed E-state index contributed by atoms with van der Waals surface area (Å²) in [5.74, 6) is 2.44. The molecule has 0 bridgehead atoms. The number of benzene rings is 6. The minimum atomic E-state index is 0.540. The smallest absolute Gasteiger partial charge is 0.164 e. The second-order valence-corrected chi connectivity index (χ2v) is 16.4. The normalized spacial score (nSPS) is 14.3. The fourth-order valence-electron chi connectivity index (χ4n) is 7.92. The quantitative estimate of drug-likeness (QED) is 0.182. The average Bonchev–Trinajstić information content (AvgIpc) is 3.88. The predicted molar refractivity (Wildman–Crippen MR) is 224 cm³/mol. The summed E-state index contributed by atoms with van der Waals surface area (Å²) in [5.41, 5.74) is 9.28. The van der Waals surface area contributed by atoms with E-state index in [1.165, 1.54) is 51.8 Å². The summed E-state index contributed by atoms with van der Waals surface area (Å²) >= 11 is 3.72. The molecule has 0 amide bonds. The van der Waals surface area contributed by atoms with Crippen LogP contribution in [0.1, 0.15) is 22.9 Å². The van der Waals surface area contributed by atoms with Crippen molar-refractivity contribution < 1.29 is 4.42 Å². The summed E-state index contributed by atoms with van der Waals surface area (Å²) in [6.45, 7) is 4.39. The zero-order chi connectivity index (χ0) is 35.2. The van der Waals surface area contributed by atoms with E-state index < -0.39 is 0 Å². The molecule has 6 heteroatoms. The molecule has 0 fully saturated rings. The highest BCUT2D eigenvalue weighted by Crippen LogP contribution is 2.45. The van der Waals surface area contributed by atoms with Crippen molar-refractivity contribution in [1.29, 1.82) is 0 Å². The summed E-state index contributed by atoms with van der Waals surface area (Å²) < 4.78 is 10.4. The van der Waals surface area contributed by atoms with Crippen LogP contribution in [0.15, 0.2) is 132 Å². The van der Waals surface area contributed by atoms with Crippen molar-refractivity contribution >= 4 is 80.9 Å². The molecule has 252 valence electrons. The monoisotopic (exact) mass is 717 g/mol. The molecule has 10 aromatic rings. The number of aryl methyl sites for hydroxylation is 1. The fourth-order valence-corrected chi connectivity index (χ4v) is 10.4. The van der Waals surface area contributed by atoms with Crippen LogP contribution in [0.2, 0.25) is 0 Å². The molecule has 11 rings (SSSR count). The first-order valence-corrected chi connectivity index (χ1v) is 19.6. The standard InChI is InChI=1S/C47H31N3OS2/c1-26-14-17-28(18-15-26)45-48-46(29-19-21-33-32-8-4-6-12-39(32)52-42(33)25-29)50-47(49-45)36-23-30(24-38-43(36)34-9-3-5-11-37(34)51-38)31-10-7-13-40-44(31)35-20-16-27(2)22-41(35)53-40/h3-21,23-25,27H,22H2,1-2H3. The Hall–Kier alpha value is -5.95. The Kier molecular flexibility index (Phi) is 6.82. The van der Waals surface area contributed by atoms with Crippen molar-refractivity contribution in [3.05, 3.63) is 143 Å². The molecule has 1 atom stereocenters. The molecule has 4 heterocycles. The maximum atomic E-state index is 6.64. The second kappa shape index (κ2) is 11.8. The number of aromatic nitrogens is 3. The predicted octanol–water partition coefficient (Wildman–Crippen LogP) is 13.5. The van der Waals surface area contributed by atoms with Gasteiger partial charge in [0, 0.05) is 62.6 Å². The van der Waals surface area contributed by atoms with Gasteiger partial charge in [-0.1, -0.05) is 110 Å². The molecule has 0 saturated heterocycles. The summed E-state index contributed by atoms with van der Waals surface area (Å²) in [6, 6.07) is 43.0. The van der Waals surface area contributed by atoms with Crippen LogP contribution in [0.5, 0.6) is 0 Å². The van der Waals surface area contributed by atoms with Crippen LogP contribution in [0.25, 0.3) is 104 Å². The Morgan fingerprint density at radius 3 is 2.19 bits per heavy atom. The van der Waals surface area contributed by atoms with Gasteiger partial charge in [0.25, 0.3) is 0 Å². The molecule has 0 spiro atoms. The topological polar surface area (TPSA) is 51.8 Å². The lowest BCUT2D eigenvalue weighted by Gasteiger charge is -2.14. The molecule has 1 unspecified atom stereocenters. The number of thiophene rings is 2. The molecule has 1 aliphatic carbocycles. The Labute approximate surface area is 313 Å². The third kappa shape index (κ3) is 4.97. The zero-order valence-corrected chi connectivity index (χ0v) is 30.7. The Balaban J connectivity index is 1.19. The third-order valence-corrected chi connectivity index (χ3v) is 12.9. The zero-order valence-electron chi connectivity index (χ0n) is 29.1. The van der Waals surface area contributed by atoms with Crippen molar-refractivity contribution in [2.24, 2.45) is 5.92 Å². The van der Waals surface area contributed by atoms with Crippen molar-refractivity contribution in [3.8, 4) is 45.3 Å². The van der Waals surface area contributed by atoms with Crippen molar-refractivity contribution in [2.45, 2.75) is 20.3 Å². The Morgan fingerprint density at radius 1 is 0.566 bits per heavy atom. The van der Waals surface area contributed by atoms with Crippen LogP contribution in [-0.2, 0) is 6.42 Å². The fraction of sp³-hybridized carbons (Fsp3) is 0.0851. The lowest BCUT2D eigenvalue weighted by atomic mass is 9.91. The molecule has 0 aliphatic heterocycles. The van der Waals surface area contributed by atoms with Crippen LogP contribution in [0, 0.1) is 12.8 Å². The first-order chi connectivity index (χ1) is 26.0. The van der Waals surface area contributed by atoms with Gasteiger partial charge in [-0.15, -0.1) is 22.7 Å². The molecule has 0 N–H and O–H groups in total. The van der Waals surface area contributed by atoms with Gasteiger partial charge in [0.15, 0.2) is 17.5 Å². The highest BCUT2D eigenvalue weighted by atomic mass is 32.1. The van der Waals surface area contributed by atoms with Crippen LogP contribution >= 0.6 is 22.7 Å². The largest absolute Gasteiger partial charge is 0.456 e. The maximum Gasteiger partial charge on any atom is 0.164 e. The number of hydrogen-bond acceptors (Lipinski definition) is 6. The number of para-hydroxylation sites is 1. The third-order valence-electron chi connectivity index (χ3n) is 10.5. The molecular weight excluding hydrogens is 687 g/mol. The molecule has 0 saturated carbocycles. The van der Waals surface area contributed by atoms with Crippen molar-refractivity contribution in [1.82, 2.24) is 15.0 Å². The molecular formula is C47H31N3OS2. The second-order valence-electron chi connectivity index (χ2n) is 14.1. The first-order valence-electron chi connectivity index (χ1n) is 18.0. The molecule has 0 radical (unpaired) electrons. The van der Waals surface area contributed by atoms with Crippen LogP contribution in [0.3, 0.4) is 0 Å². The number of rotatable bonds is 4. The van der Waals surface area contributed by atoms with E-state index in [-0.39, 0.29) is 0 Å². The van der Waals surface area contributed by atoms with E-state index in [1.807, 2.05) is 23.5 Å². The summed E-state index contributed by atoms with van der Waals surface area (Å²) in [6.07, 6.45) is 5.74. The van der Waals surface area contributed by atoms with E-state index in [9.17, 15) is 0 Å². The van der Waals surface area contributed by atoms with Crippen molar-refractivity contribution in [3.63, 3.8) is 0 Å². The summed E-state index contributed by atoms with van der Waals surface area (Å²) in [5, 5.41) is 5.86. The summed E-state index contributed by atoms with van der Waals surface area (Å²) in [4.78, 5) is 17.2. The van der Waals surface area contributed by atoms with Crippen molar-refractivity contribution in [2.75, 3.05) is 0 Å². The van der Waals surface area contributed by atoms with E-state index in [2.05, 4.69) is 135 Å². The van der Waals surface area contributed by atoms with E-state index >= 15 is 0 Å². The van der Waals surface area contributed by atoms with Crippen LogP contribution < -0.4 is 0 Å². The van der Waals surface area contributed by atoms with Gasteiger partial charge >= 0.3 is 0 Å². The minimum Gasteiger partial charge on any atom is -0.456 e. The van der Waals surface area contributed by atoms with Gasteiger partial charge in [-0.05, 0) is 72.4 Å². The number of allylic oxidation sites excluding steroid dienone is 1. The van der Waals surface area contributed by atoms with Gasteiger partial charge in [-0.25, -0.2) is 15.0 Å². The number of fused-ring (bicyclic) bond motifs is 9. The lowest BCUT2D eigenvalue weighted by molar-refractivity contribution is 0.669. The van der Waals surface area contributed by atoms with Gasteiger partial charge < -0.3 is 4.42 Å². The maximum absolute atomic E-state index is 6.64. The Bertz CT molecular complexity index is 3130. The Morgan fingerprint density at radius 2 is 1.30 bits per heavy atom. The van der Waals surface area contributed by atoms with Gasteiger partial charge in [-0.2, -0.15) is 0 Å². The van der Waals surface area contributed by atoms with Crippen LogP contribution in [0.4, 0.5) is 0 Å². The van der Waals surface area contributed by atoms with E-state index in [0.29, 0.717) is 23.4 Å². The number of nitrogens with zero attached hydrogens (tertiary/aromatic N) is 3. The van der Waals surface area contributed by atoms with E-state index in [4.69, 9.17) is 19.4 Å². The van der Waals surface area contributed by atoms with Gasteiger partial charge in [0.2, 0.25) is 0 Å². The van der Waals surface area contributed by atoms with Gasteiger partial charge in [0.05, 0.1) is 0 Å². The molecule has 4 aromatic heterocycles. The highest BCUT2D eigenvalue weighted by Gasteiger charge is 2.23.